The topological polar surface area (TPSA) is 226 Å². The third kappa shape index (κ3) is 11.2. The van der Waals surface area contributed by atoms with E-state index in [0.717, 1.165) is 0 Å². The lowest BCUT2D eigenvalue weighted by Crippen LogP contribution is -2.58. The molecule has 40 heavy (non-hydrogen) atoms. The van der Waals surface area contributed by atoms with Gasteiger partial charge in [-0.2, -0.15) is 11.8 Å². The Kier molecular flexibility index (Phi) is 14.0. The Balaban J connectivity index is 2.26. The van der Waals surface area contributed by atoms with Crippen LogP contribution in [0.2, 0.25) is 0 Å². The van der Waals surface area contributed by atoms with Crippen LogP contribution in [0, 0.1) is 0 Å². The molecule has 0 spiro atoms. The summed E-state index contributed by atoms with van der Waals surface area (Å²) in [5, 5.41) is 27.1. The molecule has 0 aliphatic rings. The van der Waals surface area contributed by atoms with E-state index in [2.05, 4.69) is 25.9 Å². The van der Waals surface area contributed by atoms with Gasteiger partial charge in [0.1, 0.15) is 23.9 Å². The lowest BCUT2D eigenvalue weighted by Gasteiger charge is -2.25. The van der Waals surface area contributed by atoms with E-state index in [1.807, 2.05) is 6.26 Å². The molecule has 0 bridgehead atoms. The zero-order valence-electron chi connectivity index (χ0n) is 22.5. The number of hydrogen-bond acceptors (Lipinski definition) is 9. The molecule has 1 heterocycles. The van der Waals surface area contributed by atoms with E-state index in [1.54, 1.807) is 23.9 Å². The molecule has 4 unspecified atom stereocenters. The number of carboxylic acids is 1. The molecule has 0 saturated heterocycles. The molecule has 4 atom stereocenters. The third-order valence-corrected chi connectivity index (χ3v) is 6.80. The maximum Gasteiger partial charge on any atom is 0.326 e. The van der Waals surface area contributed by atoms with Crippen molar-refractivity contribution < 1.29 is 29.4 Å². The van der Waals surface area contributed by atoms with Crippen LogP contribution >= 0.6 is 11.8 Å². The Labute approximate surface area is 237 Å². The highest BCUT2D eigenvalue weighted by Crippen LogP contribution is 2.13. The SMILES string of the molecule is CSCCC(N)C(=O)NC(Cc1cnc[nH]1)C(=O)NC(Cc1ccc(O)cc1)C(=O)NC(CCCCN)C(=O)O. The normalized spacial score (nSPS) is 14.0. The minimum Gasteiger partial charge on any atom is -0.508 e. The second-order valence-electron chi connectivity index (χ2n) is 9.35. The number of aromatic hydroxyl groups is 1. The molecular weight excluding hydrogens is 538 g/mol. The van der Waals surface area contributed by atoms with E-state index in [0.29, 0.717) is 42.8 Å². The number of imidazole rings is 1. The fourth-order valence-corrected chi connectivity index (χ4v) is 4.34. The van der Waals surface area contributed by atoms with Crippen LogP contribution in [0.3, 0.4) is 0 Å². The van der Waals surface area contributed by atoms with Gasteiger partial charge in [0.25, 0.3) is 0 Å². The largest absolute Gasteiger partial charge is 0.508 e. The van der Waals surface area contributed by atoms with Gasteiger partial charge in [0.2, 0.25) is 17.7 Å². The van der Waals surface area contributed by atoms with Crippen molar-refractivity contribution in [2.75, 3.05) is 18.6 Å². The van der Waals surface area contributed by atoms with Gasteiger partial charge in [0.05, 0.1) is 12.4 Å². The Morgan fingerprint density at radius 3 is 2.15 bits per heavy atom. The maximum atomic E-state index is 13.5. The summed E-state index contributed by atoms with van der Waals surface area (Å²) < 4.78 is 0. The van der Waals surface area contributed by atoms with E-state index >= 15 is 0 Å². The lowest BCUT2D eigenvalue weighted by atomic mass is 10.0. The van der Waals surface area contributed by atoms with Gasteiger partial charge < -0.3 is 42.6 Å². The number of carbonyl (C=O) groups is 4. The van der Waals surface area contributed by atoms with Crippen LogP contribution in [0.1, 0.15) is 36.9 Å². The summed E-state index contributed by atoms with van der Waals surface area (Å²) in [6.45, 7) is 0.393. The van der Waals surface area contributed by atoms with Gasteiger partial charge >= 0.3 is 5.97 Å². The number of hydrogen-bond donors (Lipinski definition) is 8. The molecule has 0 aliphatic carbocycles. The third-order valence-electron chi connectivity index (χ3n) is 6.15. The number of nitrogens with zero attached hydrogens (tertiary/aromatic N) is 1. The van der Waals surface area contributed by atoms with Gasteiger partial charge in [-0.1, -0.05) is 12.1 Å². The van der Waals surface area contributed by atoms with Gasteiger partial charge in [-0.15, -0.1) is 0 Å². The number of thioether (sulfide) groups is 1. The van der Waals surface area contributed by atoms with Gasteiger partial charge in [-0.05, 0) is 61.9 Å². The van der Waals surface area contributed by atoms with Crippen molar-refractivity contribution in [2.45, 2.75) is 62.7 Å². The highest BCUT2D eigenvalue weighted by atomic mass is 32.2. The number of unbranched alkanes of at least 4 members (excludes halogenated alkanes) is 1. The Bertz CT molecular complexity index is 1080. The van der Waals surface area contributed by atoms with Crippen LogP contribution in [-0.2, 0) is 32.0 Å². The van der Waals surface area contributed by atoms with Crippen molar-refractivity contribution in [3.63, 3.8) is 0 Å². The van der Waals surface area contributed by atoms with Crippen molar-refractivity contribution in [2.24, 2.45) is 11.5 Å². The molecule has 0 fully saturated rings. The first-order chi connectivity index (χ1) is 19.1. The molecule has 0 saturated carbocycles. The molecule has 2 rings (SSSR count). The molecule has 0 radical (unpaired) electrons. The number of H-pyrrole nitrogens is 1. The van der Waals surface area contributed by atoms with E-state index in [-0.39, 0.29) is 25.0 Å². The molecule has 0 aliphatic heterocycles. The molecule has 3 amide bonds. The molecule has 1 aromatic carbocycles. The highest BCUT2D eigenvalue weighted by molar-refractivity contribution is 7.98. The van der Waals surface area contributed by atoms with E-state index in [1.165, 1.54) is 24.7 Å². The van der Waals surface area contributed by atoms with Crippen LogP contribution in [-0.4, -0.2) is 86.6 Å². The number of nitrogens with two attached hydrogens (primary N) is 2. The molecule has 220 valence electrons. The standard InChI is InChI=1S/C26H39N7O6S/c1-40-11-9-19(28)23(35)32-22(13-17-14-29-15-30-17)25(37)33-21(12-16-5-7-18(34)8-6-16)24(36)31-20(26(38)39)4-2-3-10-27/h5-8,14-15,19-22,34H,2-4,9-13,27-28H2,1H3,(H,29,30)(H,31,36)(H,32,35)(H,33,37)(H,38,39). The number of aliphatic carboxylic acids is 1. The second kappa shape index (κ2) is 17.2. The second-order valence-corrected chi connectivity index (χ2v) is 10.3. The Morgan fingerprint density at radius 2 is 1.57 bits per heavy atom. The zero-order valence-corrected chi connectivity index (χ0v) is 23.3. The lowest BCUT2D eigenvalue weighted by molar-refractivity contribution is -0.142. The van der Waals surface area contributed by atoms with E-state index in [9.17, 15) is 29.4 Å². The molecule has 1 aromatic heterocycles. The van der Waals surface area contributed by atoms with Crippen molar-refractivity contribution in [1.29, 1.82) is 0 Å². The van der Waals surface area contributed by atoms with Crippen molar-refractivity contribution in [3.8, 4) is 5.75 Å². The summed E-state index contributed by atoms with van der Waals surface area (Å²) in [6.07, 6.45) is 6.59. The van der Waals surface area contributed by atoms with Crippen LogP contribution < -0.4 is 27.4 Å². The van der Waals surface area contributed by atoms with Gasteiger partial charge in [-0.25, -0.2) is 9.78 Å². The van der Waals surface area contributed by atoms with E-state index in [4.69, 9.17) is 11.5 Å². The number of aromatic nitrogens is 2. The van der Waals surface area contributed by atoms with Crippen molar-refractivity contribution in [1.82, 2.24) is 25.9 Å². The molecule has 2 aromatic rings. The monoisotopic (exact) mass is 577 g/mol. The number of rotatable bonds is 18. The average Bonchev–Trinajstić information content (AvgIpc) is 3.44. The molecule has 13 nitrogen and oxygen atoms in total. The van der Waals surface area contributed by atoms with Crippen LogP contribution in [0.25, 0.3) is 0 Å². The number of phenolic OH excluding ortho intramolecular Hbond substituents is 1. The van der Waals surface area contributed by atoms with Crippen molar-refractivity contribution in [3.05, 3.63) is 48.0 Å². The summed E-state index contributed by atoms with van der Waals surface area (Å²) in [5.41, 5.74) is 12.7. The van der Waals surface area contributed by atoms with Crippen LogP contribution in [0.5, 0.6) is 5.75 Å². The first-order valence-corrected chi connectivity index (χ1v) is 14.4. The fraction of sp³-hybridized carbons (Fsp3) is 0.500. The molecule has 14 heteroatoms. The minimum absolute atomic E-state index is 0.00491. The van der Waals surface area contributed by atoms with Gasteiger partial charge in [0, 0.05) is 24.7 Å². The summed E-state index contributed by atoms with van der Waals surface area (Å²) in [6, 6.07) is 1.78. The average molecular weight is 578 g/mol. The summed E-state index contributed by atoms with van der Waals surface area (Å²) >= 11 is 1.54. The quantitative estimate of drug-likeness (QED) is 0.107. The number of nitrogens with one attached hydrogen (secondary N) is 4. The number of benzene rings is 1. The summed E-state index contributed by atoms with van der Waals surface area (Å²) in [5.74, 6) is -2.39. The predicted octanol–water partition coefficient (Wildman–Crippen LogP) is -0.351. The van der Waals surface area contributed by atoms with Crippen molar-refractivity contribution >= 4 is 35.5 Å². The minimum atomic E-state index is -1.20. The number of carboxylic acid groups (broad SMARTS) is 1. The predicted molar refractivity (Wildman–Crippen MR) is 151 cm³/mol. The number of amides is 3. The number of phenols is 1. The number of carbonyl (C=O) groups excluding carboxylic acids is 3. The van der Waals surface area contributed by atoms with E-state index < -0.39 is 47.9 Å². The highest BCUT2D eigenvalue weighted by Gasteiger charge is 2.31. The fourth-order valence-electron chi connectivity index (χ4n) is 3.85. The first-order valence-electron chi connectivity index (χ1n) is 13.0. The first kappa shape index (κ1) is 32.6. The van der Waals surface area contributed by atoms with Gasteiger partial charge in [0.15, 0.2) is 0 Å². The molecular formula is C26H39N7O6S. The summed E-state index contributed by atoms with van der Waals surface area (Å²) in [7, 11) is 0. The Morgan fingerprint density at radius 1 is 0.950 bits per heavy atom. The summed E-state index contributed by atoms with van der Waals surface area (Å²) in [4.78, 5) is 58.1. The zero-order chi connectivity index (χ0) is 29.5. The Hall–Kier alpha value is -3.62. The smallest absolute Gasteiger partial charge is 0.326 e. The van der Waals surface area contributed by atoms with Crippen LogP contribution in [0.15, 0.2) is 36.8 Å². The van der Waals surface area contributed by atoms with Gasteiger partial charge in [-0.3, -0.25) is 14.4 Å². The molecule has 10 N–H and O–H groups in total. The maximum absolute atomic E-state index is 13.5. The van der Waals surface area contributed by atoms with Crippen LogP contribution in [0.4, 0.5) is 0 Å². The number of aromatic amines is 1.